The Hall–Kier alpha value is -2.35. The summed E-state index contributed by atoms with van der Waals surface area (Å²) >= 11 is 0. The average molecular weight is 293 g/mol. The van der Waals surface area contributed by atoms with Gasteiger partial charge in [-0.05, 0) is 41.7 Å². The molecule has 0 saturated carbocycles. The van der Waals surface area contributed by atoms with Gasteiger partial charge in [-0.15, -0.1) is 0 Å². The lowest BCUT2D eigenvalue weighted by atomic mass is 9.87. The van der Waals surface area contributed by atoms with Gasteiger partial charge in [-0.3, -0.25) is 4.79 Å². The zero-order chi connectivity index (χ0) is 16.2. The molecule has 0 fully saturated rings. The van der Waals surface area contributed by atoms with Crippen molar-refractivity contribution in [1.82, 2.24) is 0 Å². The van der Waals surface area contributed by atoms with Gasteiger partial charge >= 0.3 is 0 Å². The van der Waals surface area contributed by atoms with E-state index in [1.54, 1.807) is 0 Å². The van der Waals surface area contributed by atoms with Crippen LogP contribution in [0.15, 0.2) is 60.2 Å². The highest BCUT2D eigenvalue weighted by Crippen LogP contribution is 2.23. The number of hydrogen-bond acceptors (Lipinski definition) is 1. The van der Waals surface area contributed by atoms with Crippen molar-refractivity contribution in [3.05, 3.63) is 71.3 Å². The molecule has 114 valence electrons. The highest BCUT2D eigenvalue weighted by atomic mass is 16.1. The molecule has 0 aliphatic rings. The molecule has 0 aromatic heterocycles. The molecule has 2 heteroatoms. The normalized spacial score (nSPS) is 12.1. The Labute approximate surface area is 132 Å². The SMILES string of the molecule is C/C(=C\c1ccccc1)C(=O)Nc1ccc(C(C)(C)C)cc1. The summed E-state index contributed by atoms with van der Waals surface area (Å²) in [5.74, 6) is -0.0765. The van der Waals surface area contributed by atoms with Crippen molar-refractivity contribution in [2.75, 3.05) is 5.32 Å². The van der Waals surface area contributed by atoms with Crippen molar-refractivity contribution in [1.29, 1.82) is 0 Å². The van der Waals surface area contributed by atoms with Gasteiger partial charge in [-0.1, -0.05) is 63.2 Å². The van der Waals surface area contributed by atoms with E-state index in [9.17, 15) is 4.79 Å². The van der Waals surface area contributed by atoms with Crippen LogP contribution in [-0.4, -0.2) is 5.91 Å². The third-order valence-corrected chi connectivity index (χ3v) is 3.55. The minimum atomic E-state index is -0.0765. The molecule has 0 radical (unpaired) electrons. The van der Waals surface area contributed by atoms with Crippen molar-refractivity contribution in [2.24, 2.45) is 0 Å². The van der Waals surface area contributed by atoms with Crippen LogP contribution in [0.25, 0.3) is 6.08 Å². The van der Waals surface area contributed by atoms with Crippen molar-refractivity contribution < 1.29 is 4.79 Å². The van der Waals surface area contributed by atoms with E-state index in [1.807, 2.05) is 55.5 Å². The molecule has 0 bridgehead atoms. The Balaban J connectivity index is 2.07. The quantitative estimate of drug-likeness (QED) is 0.790. The Morgan fingerprint density at radius 1 is 0.955 bits per heavy atom. The first-order chi connectivity index (χ1) is 10.4. The average Bonchev–Trinajstić information content (AvgIpc) is 2.48. The van der Waals surface area contributed by atoms with E-state index in [0.29, 0.717) is 5.57 Å². The van der Waals surface area contributed by atoms with Crippen LogP contribution in [0, 0.1) is 0 Å². The maximum Gasteiger partial charge on any atom is 0.251 e. The second-order valence-electron chi connectivity index (χ2n) is 6.52. The Morgan fingerprint density at radius 2 is 1.55 bits per heavy atom. The standard InChI is InChI=1S/C20H23NO/c1-15(14-16-8-6-5-7-9-16)19(22)21-18-12-10-17(11-13-18)20(2,3)4/h5-14H,1-4H3,(H,21,22)/b15-14+. The molecule has 0 atom stereocenters. The lowest BCUT2D eigenvalue weighted by Crippen LogP contribution is -2.14. The molecule has 0 heterocycles. The molecule has 0 unspecified atom stereocenters. The molecule has 1 N–H and O–H groups in total. The van der Waals surface area contributed by atoms with E-state index in [1.165, 1.54) is 5.56 Å². The molecule has 0 spiro atoms. The van der Waals surface area contributed by atoms with E-state index < -0.39 is 0 Å². The van der Waals surface area contributed by atoms with Crippen LogP contribution in [0.4, 0.5) is 5.69 Å². The van der Waals surface area contributed by atoms with Gasteiger partial charge in [0.25, 0.3) is 5.91 Å². The van der Waals surface area contributed by atoms with Crippen LogP contribution in [-0.2, 0) is 10.2 Å². The maximum atomic E-state index is 12.2. The van der Waals surface area contributed by atoms with Gasteiger partial charge < -0.3 is 5.32 Å². The van der Waals surface area contributed by atoms with Gasteiger partial charge in [0.05, 0.1) is 0 Å². The first-order valence-corrected chi connectivity index (χ1v) is 7.51. The van der Waals surface area contributed by atoms with Crippen LogP contribution < -0.4 is 5.32 Å². The van der Waals surface area contributed by atoms with Crippen LogP contribution in [0.5, 0.6) is 0 Å². The highest BCUT2D eigenvalue weighted by Gasteiger charge is 2.13. The second-order valence-corrected chi connectivity index (χ2v) is 6.52. The van der Waals surface area contributed by atoms with Gasteiger partial charge in [-0.2, -0.15) is 0 Å². The number of carbonyl (C=O) groups excluding carboxylic acids is 1. The third kappa shape index (κ3) is 4.32. The van der Waals surface area contributed by atoms with E-state index in [0.717, 1.165) is 11.3 Å². The zero-order valence-electron chi connectivity index (χ0n) is 13.7. The Kier molecular flexibility index (Phi) is 4.81. The molecule has 2 aromatic rings. The molecular weight excluding hydrogens is 270 g/mol. The minimum absolute atomic E-state index is 0.0765. The number of rotatable bonds is 3. The molecular formula is C20H23NO. The molecule has 2 aromatic carbocycles. The molecule has 0 saturated heterocycles. The van der Waals surface area contributed by atoms with E-state index >= 15 is 0 Å². The van der Waals surface area contributed by atoms with Crippen LogP contribution in [0.2, 0.25) is 0 Å². The maximum absolute atomic E-state index is 12.2. The molecule has 22 heavy (non-hydrogen) atoms. The van der Waals surface area contributed by atoms with Crippen LogP contribution in [0.1, 0.15) is 38.8 Å². The second kappa shape index (κ2) is 6.61. The summed E-state index contributed by atoms with van der Waals surface area (Å²) in [6.07, 6.45) is 1.89. The fraction of sp³-hybridized carbons (Fsp3) is 0.250. The number of carbonyl (C=O) groups is 1. The van der Waals surface area contributed by atoms with Crippen LogP contribution in [0.3, 0.4) is 0 Å². The molecule has 2 rings (SSSR count). The first kappa shape index (κ1) is 16.0. The Morgan fingerprint density at radius 3 is 2.09 bits per heavy atom. The van der Waals surface area contributed by atoms with Gasteiger partial charge in [0.2, 0.25) is 0 Å². The number of nitrogens with one attached hydrogen (secondary N) is 1. The summed E-state index contributed by atoms with van der Waals surface area (Å²) in [7, 11) is 0. The smallest absolute Gasteiger partial charge is 0.251 e. The molecule has 0 aliphatic carbocycles. The fourth-order valence-electron chi connectivity index (χ4n) is 2.15. The van der Waals surface area contributed by atoms with E-state index in [-0.39, 0.29) is 11.3 Å². The predicted molar refractivity (Wildman–Crippen MR) is 93.9 cm³/mol. The summed E-state index contributed by atoms with van der Waals surface area (Å²) < 4.78 is 0. The van der Waals surface area contributed by atoms with Crippen molar-refractivity contribution in [2.45, 2.75) is 33.1 Å². The third-order valence-electron chi connectivity index (χ3n) is 3.55. The van der Waals surface area contributed by atoms with Crippen LogP contribution >= 0.6 is 0 Å². The molecule has 2 nitrogen and oxygen atoms in total. The summed E-state index contributed by atoms with van der Waals surface area (Å²) in [5, 5.41) is 2.93. The number of benzene rings is 2. The van der Waals surface area contributed by atoms with Crippen molar-refractivity contribution in [3.8, 4) is 0 Å². The van der Waals surface area contributed by atoms with Gasteiger partial charge in [0.1, 0.15) is 0 Å². The van der Waals surface area contributed by atoms with Gasteiger partial charge in [0.15, 0.2) is 0 Å². The van der Waals surface area contributed by atoms with E-state index in [2.05, 4.69) is 38.2 Å². The molecule has 0 aliphatic heterocycles. The monoisotopic (exact) mass is 293 g/mol. The highest BCUT2D eigenvalue weighted by molar-refractivity contribution is 6.06. The fourth-order valence-corrected chi connectivity index (χ4v) is 2.15. The Bertz CT molecular complexity index is 661. The van der Waals surface area contributed by atoms with Crippen molar-refractivity contribution in [3.63, 3.8) is 0 Å². The summed E-state index contributed by atoms with van der Waals surface area (Å²) in [6.45, 7) is 8.35. The summed E-state index contributed by atoms with van der Waals surface area (Å²) in [6, 6.07) is 17.9. The summed E-state index contributed by atoms with van der Waals surface area (Å²) in [5.41, 5.74) is 3.90. The number of anilines is 1. The van der Waals surface area contributed by atoms with Crippen molar-refractivity contribution >= 4 is 17.7 Å². The number of amides is 1. The minimum Gasteiger partial charge on any atom is -0.322 e. The topological polar surface area (TPSA) is 29.1 Å². The van der Waals surface area contributed by atoms with Gasteiger partial charge in [-0.25, -0.2) is 0 Å². The largest absolute Gasteiger partial charge is 0.322 e. The van der Waals surface area contributed by atoms with Gasteiger partial charge in [0, 0.05) is 11.3 Å². The van der Waals surface area contributed by atoms with E-state index in [4.69, 9.17) is 0 Å². The number of hydrogen-bond donors (Lipinski definition) is 1. The lowest BCUT2D eigenvalue weighted by Gasteiger charge is -2.19. The predicted octanol–water partition coefficient (Wildman–Crippen LogP) is 5.03. The summed E-state index contributed by atoms with van der Waals surface area (Å²) in [4.78, 5) is 12.2. The molecule has 1 amide bonds. The first-order valence-electron chi connectivity index (χ1n) is 7.51. The lowest BCUT2D eigenvalue weighted by molar-refractivity contribution is -0.112. The zero-order valence-corrected chi connectivity index (χ0v) is 13.7.